The summed E-state index contributed by atoms with van der Waals surface area (Å²) in [7, 11) is 0. The second-order valence-corrected chi connectivity index (χ2v) is 10.6. The quantitative estimate of drug-likeness (QED) is 0.269. The van der Waals surface area contributed by atoms with Crippen LogP contribution in [0, 0.1) is 20.2 Å². The maximum atomic E-state index is 11.9. The van der Waals surface area contributed by atoms with E-state index in [2.05, 4.69) is 21.1 Å². The number of hydrazone groups is 2. The minimum Gasteiger partial charge on any atom is -0.502 e. The predicted octanol–water partition coefficient (Wildman–Crippen LogP) is 2.54. The number of aromatic hydroxyl groups is 1. The summed E-state index contributed by atoms with van der Waals surface area (Å²) in [4.78, 5) is 48.1. The Kier molecular flexibility index (Phi) is 7.90. The van der Waals surface area contributed by atoms with Gasteiger partial charge in [0.1, 0.15) is 43.4 Å². The Bertz CT molecular complexity index is 1870. The highest BCUT2D eigenvalue weighted by Crippen LogP contribution is 2.44. The van der Waals surface area contributed by atoms with Gasteiger partial charge in [0.25, 0.3) is 11.8 Å². The number of benzene rings is 3. The largest absolute Gasteiger partial charge is 0.502 e. The Morgan fingerprint density at radius 3 is 1.89 bits per heavy atom. The molecule has 4 aliphatic rings. The number of nitrogens with zero attached hydrogens (tertiary/aromatic N) is 6. The number of anilines is 2. The van der Waals surface area contributed by atoms with E-state index in [0.29, 0.717) is 28.8 Å². The summed E-state index contributed by atoms with van der Waals surface area (Å²) in [6, 6.07) is 13.4. The molecule has 2 unspecified atom stereocenters. The maximum Gasteiger partial charge on any atom is 0.313 e. The van der Waals surface area contributed by atoms with Crippen LogP contribution in [0.4, 0.5) is 22.7 Å². The Hall–Kier alpha value is -6.46. The van der Waals surface area contributed by atoms with Crippen LogP contribution in [0.1, 0.15) is 19.4 Å². The van der Waals surface area contributed by atoms with Gasteiger partial charge in [0.2, 0.25) is 5.75 Å². The molecule has 2 amide bonds. The van der Waals surface area contributed by atoms with Gasteiger partial charge in [0.05, 0.1) is 21.2 Å². The van der Waals surface area contributed by atoms with Crippen molar-refractivity contribution in [3.05, 3.63) is 80.4 Å². The van der Waals surface area contributed by atoms with E-state index in [-0.39, 0.29) is 48.8 Å². The van der Waals surface area contributed by atoms with E-state index >= 15 is 0 Å². The number of amidine groups is 2. The minimum atomic E-state index is -0.699. The number of nitro groups is 2. The van der Waals surface area contributed by atoms with Gasteiger partial charge in [0, 0.05) is 24.3 Å². The highest BCUT2D eigenvalue weighted by molar-refractivity contribution is 6.10. The number of nitro benzene ring substituents is 2. The molecule has 7 rings (SSSR count). The highest BCUT2D eigenvalue weighted by atomic mass is 16.6. The third-order valence-electron chi connectivity index (χ3n) is 7.64. The first kappa shape index (κ1) is 30.6. The van der Waals surface area contributed by atoms with E-state index in [9.17, 15) is 34.9 Å². The number of nitrogens with one attached hydrogen (secondary N) is 2. The predicted molar refractivity (Wildman–Crippen MR) is 165 cm³/mol. The molecule has 0 saturated carbocycles. The average molecular weight is 647 g/mol. The van der Waals surface area contributed by atoms with E-state index in [1.54, 1.807) is 23.6 Å². The molecule has 18 nitrogen and oxygen atoms in total. The SMILES string of the molecule is CC1C(=O)NN=C2COc3cc(O)c([N+](=O)[O-])cc3N21.CC1C(=O)NN=C2COc3cc(OCc4ccccc4)c([N+](=O)[O-])cc3N21. The molecule has 0 aromatic heterocycles. The van der Waals surface area contributed by atoms with Gasteiger partial charge < -0.3 is 29.1 Å². The average Bonchev–Trinajstić information content (AvgIpc) is 3.06. The number of hydrogen-bond acceptors (Lipinski definition) is 14. The Labute approximate surface area is 265 Å². The minimum absolute atomic E-state index is 0.106. The second kappa shape index (κ2) is 12.1. The molecule has 0 spiro atoms. The topological polar surface area (TPSA) is 224 Å². The Balaban J connectivity index is 0.000000172. The number of ether oxygens (including phenoxy) is 3. The lowest BCUT2D eigenvalue weighted by molar-refractivity contribution is -0.386. The van der Waals surface area contributed by atoms with Gasteiger partial charge in [-0.2, -0.15) is 10.2 Å². The van der Waals surface area contributed by atoms with Crippen LogP contribution in [0.2, 0.25) is 0 Å². The van der Waals surface area contributed by atoms with Crippen LogP contribution in [0.15, 0.2) is 64.8 Å². The van der Waals surface area contributed by atoms with Gasteiger partial charge in [-0.3, -0.25) is 29.8 Å². The summed E-state index contributed by atoms with van der Waals surface area (Å²) in [5.74, 6) is 0.626. The zero-order valence-corrected chi connectivity index (χ0v) is 24.8. The van der Waals surface area contributed by atoms with Gasteiger partial charge in [0.15, 0.2) is 17.4 Å². The molecule has 242 valence electrons. The first-order valence-corrected chi connectivity index (χ1v) is 14.1. The molecular formula is C29H26N8O10. The van der Waals surface area contributed by atoms with Crippen molar-refractivity contribution in [1.29, 1.82) is 0 Å². The lowest BCUT2D eigenvalue weighted by Crippen LogP contribution is -2.55. The number of phenolic OH excluding ortho intramolecular Hbond substituents is 1. The van der Waals surface area contributed by atoms with Crippen LogP contribution >= 0.6 is 0 Å². The first-order chi connectivity index (χ1) is 22.5. The smallest absolute Gasteiger partial charge is 0.313 e. The lowest BCUT2D eigenvalue weighted by Gasteiger charge is -2.37. The molecule has 0 saturated heterocycles. The third kappa shape index (κ3) is 5.74. The molecular weight excluding hydrogens is 620 g/mol. The van der Waals surface area contributed by atoms with Crippen molar-refractivity contribution in [1.82, 2.24) is 10.9 Å². The van der Waals surface area contributed by atoms with Gasteiger partial charge in [-0.05, 0) is 19.4 Å². The summed E-state index contributed by atoms with van der Waals surface area (Å²) in [5.41, 5.74) is 5.76. The number of carbonyl (C=O) groups excluding carboxylic acids is 2. The second-order valence-electron chi connectivity index (χ2n) is 10.6. The van der Waals surface area contributed by atoms with E-state index in [0.717, 1.165) is 5.56 Å². The molecule has 0 fully saturated rings. The number of rotatable bonds is 5. The fourth-order valence-corrected chi connectivity index (χ4v) is 5.23. The van der Waals surface area contributed by atoms with Crippen molar-refractivity contribution in [3.63, 3.8) is 0 Å². The monoisotopic (exact) mass is 646 g/mol. The van der Waals surface area contributed by atoms with Crippen molar-refractivity contribution in [2.75, 3.05) is 23.0 Å². The zero-order chi connectivity index (χ0) is 33.4. The van der Waals surface area contributed by atoms with Crippen molar-refractivity contribution >= 4 is 46.2 Å². The molecule has 47 heavy (non-hydrogen) atoms. The normalized spacial score (nSPS) is 18.9. The zero-order valence-electron chi connectivity index (χ0n) is 24.8. The maximum absolute atomic E-state index is 11.9. The van der Waals surface area contributed by atoms with Gasteiger partial charge in [-0.1, -0.05) is 30.3 Å². The number of phenols is 1. The van der Waals surface area contributed by atoms with Crippen LogP contribution in [-0.4, -0.2) is 63.7 Å². The lowest BCUT2D eigenvalue weighted by atomic mass is 10.1. The third-order valence-corrected chi connectivity index (χ3v) is 7.64. The summed E-state index contributed by atoms with van der Waals surface area (Å²) < 4.78 is 16.7. The molecule has 3 N–H and O–H groups in total. The number of carbonyl (C=O) groups is 2. The Morgan fingerprint density at radius 2 is 1.36 bits per heavy atom. The van der Waals surface area contributed by atoms with E-state index in [1.165, 1.54) is 24.3 Å². The molecule has 4 heterocycles. The van der Waals surface area contributed by atoms with Crippen molar-refractivity contribution in [3.8, 4) is 23.0 Å². The summed E-state index contributed by atoms with van der Waals surface area (Å²) >= 11 is 0. The van der Waals surface area contributed by atoms with Crippen LogP contribution in [0.25, 0.3) is 0 Å². The molecule has 2 atom stereocenters. The molecule has 3 aromatic rings. The standard InChI is InChI=1S/C18H16N4O5.C11H10N4O5/c1-11-18(23)20-19-17-10-27-15-8-16(26-9-12-5-3-2-4-6-12)14(22(24)25)7-13(15)21(11)17;1-5-11(17)13-12-10-4-20-9-3-8(16)6(15(18)19)2-7(9)14(5)10/h2-8,11H,9-10H2,1H3,(H,20,23);2-3,5,16H,4H2,1H3,(H,13,17). The van der Waals surface area contributed by atoms with Crippen molar-refractivity contribution < 1.29 is 38.8 Å². The fourth-order valence-electron chi connectivity index (χ4n) is 5.23. The van der Waals surface area contributed by atoms with Crippen LogP contribution in [-0.2, 0) is 16.2 Å². The highest BCUT2D eigenvalue weighted by Gasteiger charge is 2.38. The number of fused-ring (bicyclic) bond motifs is 6. The van der Waals surface area contributed by atoms with Crippen LogP contribution in [0.5, 0.6) is 23.0 Å². The summed E-state index contributed by atoms with van der Waals surface area (Å²) in [6.45, 7) is 3.79. The Morgan fingerprint density at radius 1 is 0.851 bits per heavy atom. The first-order valence-electron chi connectivity index (χ1n) is 14.1. The summed E-state index contributed by atoms with van der Waals surface area (Å²) in [5, 5.41) is 39.9. The molecule has 0 aliphatic carbocycles. The number of amides is 2. The molecule has 4 aliphatic heterocycles. The molecule has 3 aromatic carbocycles. The number of hydrogen-bond donors (Lipinski definition) is 3. The van der Waals surface area contributed by atoms with Gasteiger partial charge in [-0.25, -0.2) is 10.9 Å². The van der Waals surface area contributed by atoms with Crippen LogP contribution < -0.4 is 34.9 Å². The van der Waals surface area contributed by atoms with Crippen LogP contribution in [0.3, 0.4) is 0 Å². The molecule has 18 heteroatoms. The summed E-state index contributed by atoms with van der Waals surface area (Å²) in [6.07, 6.45) is 0. The molecule has 0 radical (unpaired) electrons. The van der Waals surface area contributed by atoms with Gasteiger partial charge in [-0.15, -0.1) is 0 Å². The van der Waals surface area contributed by atoms with E-state index < -0.39 is 33.4 Å². The van der Waals surface area contributed by atoms with Crippen molar-refractivity contribution in [2.45, 2.75) is 32.5 Å². The van der Waals surface area contributed by atoms with E-state index in [1.807, 2.05) is 30.3 Å². The van der Waals surface area contributed by atoms with E-state index in [4.69, 9.17) is 14.2 Å². The van der Waals surface area contributed by atoms with Crippen molar-refractivity contribution in [2.24, 2.45) is 10.2 Å². The fraction of sp³-hybridized carbons (Fsp3) is 0.241. The molecule has 0 bridgehead atoms. The van der Waals surface area contributed by atoms with Gasteiger partial charge >= 0.3 is 11.4 Å².